The van der Waals surface area contributed by atoms with Gasteiger partial charge in [-0.1, -0.05) is 6.92 Å². The fourth-order valence-electron chi connectivity index (χ4n) is 0.759. The van der Waals surface area contributed by atoms with E-state index >= 15 is 0 Å². The predicted octanol–water partition coefficient (Wildman–Crippen LogP) is 2.36. The summed E-state index contributed by atoms with van der Waals surface area (Å²) in [6, 6.07) is 2.06. The largest absolute Gasteiger partial charge is 0.303 e. The Labute approximate surface area is 64.7 Å². The summed E-state index contributed by atoms with van der Waals surface area (Å²) < 4.78 is 0. The molecule has 54 valence electrons. The highest BCUT2D eigenvalue weighted by molar-refractivity contribution is 7.10. The molecule has 2 heteroatoms. The number of carbonyl (C=O) groups is 1. The summed E-state index contributed by atoms with van der Waals surface area (Å²) in [6.45, 7) is 3.95. The molecular weight excluding hydrogens is 144 g/mol. The molecule has 0 saturated heterocycles. The minimum Gasteiger partial charge on any atom is -0.303 e. The lowest BCUT2D eigenvalue weighted by molar-refractivity contribution is -0.108. The SMILES string of the molecule is Cc1csc(C(C)C=O)c1. The molecule has 1 aromatic rings. The normalized spacial score (nSPS) is 13.0. The van der Waals surface area contributed by atoms with E-state index in [9.17, 15) is 4.79 Å². The highest BCUT2D eigenvalue weighted by Crippen LogP contribution is 2.21. The third-order valence-electron chi connectivity index (χ3n) is 1.40. The van der Waals surface area contributed by atoms with Crippen LogP contribution in [0.15, 0.2) is 11.4 Å². The summed E-state index contributed by atoms with van der Waals surface area (Å²) in [6.07, 6.45) is 0.977. The molecule has 1 unspecified atom stereocenters. The van der Waals surface area contributed by atoms with Gasteiger partial charge >= 0.3 is 0 Å². The van der Waals surface area contributed by atoms with Crippen molar-refractivity contribution in [2.75, 3.05) is 0 Å². The van der Waals surface area contributed by atoms with E-state index in [2.05, 4.69) is 11.4 Å². The molecule has 0 aliphatic heterocycles. The van der Waals surface area contributed by atoms with Crippen molar-refractivity contribution in [2.45, 2.75) is 19.8 Å². The van der Waals surface area contributed by atoms with E-state index in [1.54, 1.807) is 11.3 Å². The number of hydrogen-bond donors (Lipinski definition) is 0. The monoisotopic (exact) mass is 154 g/mol. The van der Waals surface area contributed by atoms with Gasteiger partial charge in [0, 0.05) is 10.8 Å². The molecule has 0 N–H and O–H groups in total. The van der Waals surface area contributed by atoms with Crippen molar-refractivity contribution in [1.29, 1.82) is 0 Å². The van der Waals surface area contributed by atoms with Gasteiger partial charge in [-0.05, 0) is 23.9 Å². The summed E-state index contributed by atoms with van der Waals surface area (Å²) in [5.41, 5.74) is 1.24. The van der Waals surface area contributed by atoms with Crippen LogP contribution in [0.1, 0.15) is 23.3 Å². The Hall–Kier alpha value is -0.630. The second-order valence-electron chi connectivity index (χ2n) is 2.45. The molecule has 1 rings (SSSR count). The van der Waals surface area contributed by atoms with E-state index in [-0.39, 0.29) is 5.92 Å². The van der Waals surface area contributed by atoms with Crippen LogP contribution in [0.3, 0.4) is 0 Å². The number of aryl methyl sites for hydroxylation is 1. The van der Waals surface area contributed by atoms with Crippen molar-refractivity contribution < 1.29 is 4.79 Å². The van der Waals surface area contributed by atoms with Gasteiger partial charge in [-0.2, -0.15) is 0 Å². The highest BCUT2D eigenvalue weighted by Gasteiger charge is 2.04. The Morgan fingerprint density at radius 1 is 1.70 bits per heavy atom. The van der Waals surface area contributed by atoms with E-state index < -0.39 is 0 Å². The Morgan fingerprint density at radius 2 is 2.40 bits per heavy atom. The first kappa shape index (κ1) is 7.48. The van der Waals surface area contributed by atoms with Crippen LogP contribution < -0.4 is 0 Å². The lowest BCUT2D eigenvalue weighted by atomic mass is 10.1. The molecule has 0 bridgehead atoms. The molecule has 0 radical (unpaired) electrons. The average Bonchev–Trinajstić information content (AvgIpc) is 2.34. The molecule has 0 fully saturated rings. The molecule has 0 aliphatic rings. The van der Waals surface area contributed by atoms with Gasteiger partial charge in [0.1, 0.15) is 6.29 Å². The van der Waals surface area contributed by atoms with Crippen LogP contribution in [0.4, 0.5) is 0 Å². The minimum atomic E-state index is 0.0682. The standard InChI is InChI=1S/C8H10OS/c1-6-3-8(10-5-6)7(2)4-9/h3-5,7H,1-2H3. The van der Waals surface area contributed by atoms with E-state index in [1.807, 2.05) is 13.8 Å². The maximum absolute atomic E-state index is 10.3. The lowest BCUT2D eigenvalue weighted by Crippen LogP contribution is -1.88. The van der Waals surface area contributed by atoms with E-state index in [0.29, 0.717) is 0 Å². The summed E-state index contributed by atoms with van der Waals surface area (Å²) in [7, 11) is 0. The molecule has 1 atom stereocenters. The highest BCUT2D eigenvalue weighted by atomic mass is 32.1. The van der Waals surface area contributed by atoms with E-state index in [1.165, 1.54) is 5.56 Å². The second kappa shape index (κ2) is 2.97. The van der Waals surface area contributed by atoms with Crippen LogP contribution >= 0.6 is 11.3 Å². The van der Waals surface area contributed by atoms with Gasteiger partial charge in [-0.15, -0.1) is 11.3 Å². The quantitative estimate of drug-likeness (QED) is 0.598. The fourth-order valence-corrected chi connectivity index (χ4v) is 1.67. The minimum absolute atomic E-state index is 0.0682. The Kier molecular flexibility index (Phi) is 2.22. The van der Waals surface area contributed by atoms with Crippen molar-refractivity contribution in [3.8, 4) is 0 Å². The number of thiophene rings is 1. The van der Waals surface area contributed by atoms with Crippen molar-refractivity contribution >= 4 is 17.6 Å². The first-order chi connectivity index (χ1) is 4.74. The van der Waals surface area contributed by atoms with Gasteiger partial charge in [0.2, 0.25) is 0 Å². The first-order valence-electron chi connectivity index (χ1n) is 3.24. The molecule has 1 heterocycles. The summed E-state index contributed by atoms with van der Waals surface area (Å²) >= 11 is 1.65. The summed E-state index contributed by atoms with van der Waals surface area (Å²) in [4.78, 5) is 11.5. The molecule has 1 aromatic heterocycles. The van der Waals surface area contributed by atoms with Gasteiger partial charge in [-0.25, -0.2) is 0 Å². The van der Waals surface area contributed by atoms with Crippen LogP contribution in [-0.4, -0.2) is 6.29 Å². The van der Waals surface area contributed by atoms with Crippen molar-refractivity contribution in [3.05, 3.63) is 21.9 Å². The maximum Gasteiger partial charge on any atom is 0.127 e. The number of aldehydes is 1. The average molecular weight is 154 g/mol. The molecule has 0 spiro atoms. The van der Waals surface area contributed by atoms with Gasteiger partial charge in [-0.3, -0.25) is 0 Å². The van der Waals surface area contributed by atoms with Crippen molar-refractivity contribution in [2.24, 2.45) is 0 Å². The van der Waals surface area contributed by atoms with E-state index in [4.69, 9.17) is 0 Å². The van der Waals surface area contributed by atoms with Crippen LogP contribution in [-0.2, 0) is 4.79 Å². The van der Waals surface area contributed by atoms with Crippen LogP contribution in [0.25, 0.3) is 0 Å². The van der Waals surface area contributed by atoms with Gasteiger partial charge in [0.15, 0.2) is 0 Å². The molecule has 0 aliphatic carbocycles. The second-order valence-corrected chi connectivity index (χ2v) is 3.39. The third kappa shape index (κ3) is 1.45. The first-order valence-corrected chi connectivity index (χ1v) is 4.12. The zero-order chi connectivity index (χ0) is 7.56. The fraction of sp³-hybridized carbons (Fsp3) is 0.375. The predicted molar refractivity (Wildman–Crippen MR) is 43.5 cm³/mol. The lowest BCUT2D eigenvalue weighted by Gasteiger charge is -1.95. The molecule has 1 nitrogen and oxygen atoms in total. The molecule has 0 amide bonds. The molecule has 10 heavy (non-hydrogen) atoms. The summed E-state index contributed by atoms with van der Waals surface area (Å²) in [5.74, 6) is 0.0682. The third-order valence-corrected chi connectivity index (χ3v) is 2.66. The van der Waals surface area contributed by atoms with Gasteiger partial charge in [0.05, 0.1) is 0 Å². The molecule has 0 saturated carbocycles. The van der Waals surface area contributed by atoms with Gasteiger partial charge in [0.25, 0.3) is 0 Å². The van der Waals surface area contributed by atoms with Crippen LogP contribution in [0.5, 0.6) is 0 Å². The van der Waals surface area contributed by atoms with Crippen molar-refractivity contribution in [1.82, 2.24) is 0 Å². The zero-order valence-corrected chi connectivity index (χ0v) is 6.94. The zero-order valence-electron chi connectivity index (χ0n) is 6.13. The summed E-state index contributed by atoms with van der Waals surface area (Å²) in [5, 5.41) is 2.06. The molecular formula is C8H10OS. The Morgan fingerprint density at radius 3 is 2.80 bits per heavy atom. The number of hydrogen-bond acceptors (Lipinski definition) is 2. The van der Waals surface area contributed by atoms with Gasteiger partial charge < -0.3 is 4.79 Å². The van der Waals surface area contributed by atoms with E-state index in [0.717, 1.165) is 11.2 Å². The smallest absolute Gasteiger partial charge is 0.127 e. The van der Waals surface area contributed by atoms with Crippen LogP contribution in [0, 0.1) is 6.92 Å². The van der Waals surface area contributed by atoms with Crippen LogP contribution in [0.2, 0.25) is 0 Å². The van der Waals surface area contributed by atoms with Crippen molar-refractivity contribution in [3.63, 3.8) is 0 Å². The maximum atomic E-state index is 10.3. The number of rotatable bonds is 2. The Balaban J connectivity index is 2.84. The topological polar surface area (TPSA) is 17.1 Å². The Bertz CT molecular complexity index is 227. The molecule has 0 aromatic carbocycles. The number of carbonyl (C=O) groups excluding carboxylic acids is 1.